The topological polar surface area (TPSA) is 83.5 Å². The molecule has 144 valence electrons. The van der Waals surface area contributed by atoms with Crippen molar-refractivity contribution in [2.24, 2.45) is 5.92 Å². The molecule has 27 heavy (non-hydrogen) atoms. The van der Waals surface area contributed by atoms with Gasteiger partial charge in [-0.25, -0.2) is 8.42 Å². The third-order valence-electron chi connectivity index (χ3n) is 4.67. The van der Waals surface area contributed by atoms with Crippen molar-refractivity contribution < 1.29 is 18.3 Å². The van der Waals surface area contributed by atoms with Crippen molar-refractivity contribution in [3.05, 3.63) is 59.7 Å². The third kappa shape index (κ3) is 5.40. The lowest BCUT2D eigenvalue weighted by Gasteiger charge is -2.18. The first-order valence-corrected chi connectivity index (χ1v) is 10.7. The molecular weight excluding hydrogens is 362 g/mol. The highest BCUT2D eigenvalue weighted by atomic mass is 32.2. The predicted molar refractivity (Wildman–Crippen MR) is 105 cm³/mol. The van der Waals surface area contributed by atoms with E-state index in [0.29, 0.717) is 16.5 Å². The number of amides is 1. The summed E-state index contributed by atoms with van der Waals surface area (Å²) in [5.41, 5.74) is 1.25. The largest absolute Gasteiger partial charge is 0.386 e. The second-order valence-corrected chi connectivity index (χ2v) is 9.76. The number of aliphatic hydroxyl groups is 1. The Morgan fingerprint density at radius 1 is 1.07 bits per heavy atom. The summed E-state index contributed by atoms with van der Waals surface area (Å²) in [7, 11) is -3.23. The summed E-state index contributed by atoms with van der Waals surface area (Å²) in [5.74, 6) is 0.343. The molecule has 5 nitrogen and oxygen atoms in total. The van der Waals surface area contributed by atoms with Crippen LogP contribution in [0.3, 0.4) is 0 Å². The molecule has 1 amide bonds. The number of carbonyl (C=O) groups is 1. The van der Waals surface area contributed by atoms with Gasteiger partial charge in [0.05, 0.1) is 22.7 Å². The van der Waals surface area contributed by atoms with E-state index in [1.54, 1.807) is 62.4 Å². The summed E-state index contributed by atoms with van der Waals surface area (Å²) in [6.07, 6.45) is 2.15. The maximum absolute atomic E-state index is 12.3. The molecule has 3 rings (SSSR count). The second-order valence-electron chi connectivity index (χ2n) is 7.73. The Morgan fingerprint density at radius 3 is 2.19 bits per heavy atom. The van der Waals surface area contributed by atoms with Crippen LogP contribution in [0.2, 0.25) is 0 Å². The number of anilines is 1. The monoisotopic (exact) mass is 387 g/mol. The summed E-state index contributed by atoms with van der Waals surface area (Å²) in [4.78, 5) is 12.5. The van der Waals surface area contributed by atoms with Crippen molar-refractivity contribution in [1.82, 2.24) is 0 Å². The molecule has 1 saturated carbocycles. The van der Waals surface area contributed by atoms with E-state index in [2.05, 4.69) is 5.32 Å². The Bertz CT molecular complexity index is 906. The Hall–Kier alpha value is -2.18. The molecule has 1 aliphatic rings. The number of hydrogen-bond donors (Lipinski definition) is 2. The van der Waals surface area contributed by atoms with Gasteiger partial charge in [-0.05, 0) is 68.0 Å². The minimum absolute atomic E-state index is 0.163. The highest BCUT2D eigenvalue weighted by Crippen LogP contribution is 2.32. The van der Waals surface area contributed by atoms with E-state index in [1.807, 2.05) is 0 Å². The van der Waals surface area contributed by atoms with E-state index in [4.69, 9.17) is 0 Å². The molecule has 0 saturated heterocycles. The van der Waals surface area contributed by atoms with E-state index in [9.17, 15) is 18.3 Å². The lowest BCUT2D eigenvalue weighted by molar-refractivity contribution is -0.115. The zero-order chi connectivity index (χ0) is 19.7. The van der Waals surface area contributed by atoms with Gasteiger partial charge in [-0.1, -0.05) is 24.3 Å². The number of sulfone groups is 1. The highest BCUT2D eigenvalue weighted by molar-refractivity contribution is 7.91. The van der Waals surface area contributed by atoms with Crippen LogP contribution in [0.1, 0.15) is 37.8 Å². The molecule has 0 radical (unpaired) electrons. The lowest BCUT2D eigenvalue weighted by atomic mass is 9.98. The molecule has 1 fully saturated rings. The van der Waals surface area contributed by atoms with E-state index < -0.39 is 15.4 Å². The van der Waals surface area contributed by atoms with Crippen molar-refractivity contribution in [3.8, 4) is 0 Å². The molecule has 0 spiro atoms. The molecule has 0 unspecified atom stereocenters. The second kappa shape index (κ2) is 7.44. The average Bonchev–Trinajstić information content (AvgIpc) is 3.38. The number of benzene rings is 2. The number of carbonyl (C=O) groups excluding carboxylic acids is 1. The van der Waals surface area contributed by atoms with Gasteiger partial charge in [0, 0.05) is 5.69 Å². The lowest BCUT2D eigenvalue weighted by Crippen LogP contribution is -2.17. The number of rotatable bonds is 7. The van der Waals surface area contributed by atoms with Crippen LogP contribution in [0.15, 0.2) is 53.4 Å². The van der Waals surface area contributed by atoms with Crippen LogP contribution in [0, 0.1) is 5.92 Å². The fourth-order valence-corrected chi connectivity index (χ4v) is 4.55. The normalized spacial score (nSPS) is 14.8. The molecular formula is C21H25NO4S. The van der Waals surface area contributed by atoms with Gasteiger partial charge in [-0.3, -0.25) is 4.79 Å². The molecule has 0 heterocycles. The summed E-state index contributed by atoms with van der Waals surface area (Å²) >= 11 is 0. The van der Waals surface area contributed by atoms with Crippen LogP contribution in [-0.4, -0.2) is 25.2 Å². The van der Waals surface area contributed by atoms with Crippen molar-refractivity contribution >= 4 is 21.4 Å². The van der Waals surface area contributed by atoms with Crippen molar-refractivity contribution in [1.29, 1.82) is 0 Å². The predicted octanol–water partition coefficient (Wildman–Crippen LogP) is 3.28. The van der Waals surface area contributed by atoms with Gasteiger partial charge in [0.2, 0.25) is 5.91 Å². The van der Waals surface area contributed by atoms with Crippen LogP contribution < -0.4 is 5.32 Å². The van der Waals surface area contributed by atoms with Crippen LogP contribution in [0.4, 0.5) is 5.69 Å². The summed E-state index contributed by atoms with van der Waals surface area (Å²) in [5, 5.41) is 12.8. The summed E-state index contributed by atoms with van der Waals surface area (Å²) in [6, 6.07) is 13.6. The van der Waals surface area contributed by atoms with Crippen LogP contribution in [0.25, 0.3) is 0 Å². The fourth-order valence-electron chi connectivity index (χ4n) is 2.86. The Morgan fingerprint density at radius 2 is 1.67 bits per heavy atom. The minimum atomic E-state index is -3.23. The van der Waals surface area contributed by atoms with Gasteiger partial charge in [0.1, 0.15) is 0 Å². The van der Waals surface area contributed by atoms with Crippen LogP contribution in [0.5, 0.6) is 0 Å². The SMILES string of the molecule is CC(C)(O)c1ccc(NC(=O)Cc2ccc(S(=O)(=O)CC3CC3)cc2)cc1. The third-order valence-corrected chi connectivity index (χ3v) is 6.57. The molecule has 1 aliphatic carbocycles. The van der Waals surface area contributed by atoms with Gasteiger partial charge < -0.3 is 10.4 Å². The highest BCUT2D eigenvalue weighted by Gasteiger charge is 2.28. The number of nitrogens with one attached hydrogen (secondary N) is 1. The molecule has 2 aromatic rings. The fraction of sp³-hybridized carbons (Fsp3) is 0.381. The van der Waals surface area contributed by atoms with E-state index in [1.165, 1.54) is 0 Å². The van der Waals surface area contributed by atoms with Gasteiger partial charge in [0.15, 0.2) is 9.84 Å². The minimum Gasteiger partial charge on any atom is -0.386 e. The quantitative estimate of drug-likeness (QED) is 0.764. The maximum atomic E-state index is 12.3. The number of hydrogen-bond acceptors (Lipinski definition) is 4. The van der Waals surface area contributed by atoms with Gasteiger partial charge >= 0.3 is 0 Å². The van der Waals surface area contributed by atoms with Crippen molar-refractivity contribution in [3.63, 3.8) is 0 Å². The summed E-state index contributed by atoms with van der Waals surface area (Å²) in [6.45, 7) is 3.41. The Balaban J connectivity index is 1.59. The smallest absolute Gasteiger partial charge is 0.228 e. The zero-order valence-corrected chi connectivity index (χ0v) is 16.4. The van der Waals surface area contributed by atoms with Crippen molar-refractivity contribution in [2.75, 3.05) is 11.1 Å². The first-order chi connectivity index (χ1) is 12.6. The molecule has 2 aromatic carbocycles. The molecule has 6 heteroatoms. The first kappa shape index (κ1) is 19.6. The van der Waals surface area contributed by atoms with E-state index in [0.717, 1.165) is 24.0 Å². The standard InChI is InChI=1S/C21H25NO4S/c1-21(2,24)17-7-9-18(10-8-17)22-20(23)13-15-5-11-19(12-6-15)27(25,26)14-16-3-4-16/h5-12,16,24H,3-4,13-14H2,1-2H3,(H,22,23). The molecule has 0 atom stereocenters. The van der Waals surface area contributed by atoms with Crippen LogP contribution in [-0.2, 0) is 26.7 Å². The van der Waals surface area contributed by atoms with Gasteiger partial charge in [-0.2, -0.15) is 0 Å². The average molecular weight is 388 g/mol. The van der Waals surface area contributed by atoms with E-state index >= 15 is 0 Å². The first-order valence-electron chi connectivity index (χ1n) is 9.08. The molecule has 0 aromatic heterocycles. The van der Waals surface area contributed by atoms with Crippen LogP contribution >= 0.6 is 0 Å². The molecule has 2 N–H and O–H groups in total. The Kier molecular flexibility index (Phi) is 5.40. The summed E-state index contributed by atoms with van der Waals surface area (Å²) < 4.78 is 24.5. The van der Waals surface area contributed by atoms with Crippen molar-refractivity contribution in [2.45, 2.75) is 43.6 Å². The zero-order valence-electron chi connectivity index (χ0n) is 15.6. The molecule has 0 aliphatic heterocycles. The van der Waals surface area contributed by atoms with E-state index in [-0.39, 0.29) is 18.1 Å². The van der Waals surface area contributed by atoms with Gasteiger partial charge in [0.25, 0.3) is 0 Å². The molecule has 0 bridgehead atoms. The maximum Gasteiger partial charge on any atom is 0.228 e. The van der Waals surface area contributed by atoms with Gasteiger partial charge in [-0.15, -0.1) is 0 Å². The Labute approximate surface area is 160 Å².